The Morgan fingerprint density at radius 3 is 2.76 bits per heavy atom. The monoisotopic (exact) mass is 384 g/mol. The third-order valence-electron chi connectivity index (χ3n) is 2.88. The fourth-order valence-electron chi connectivity index (χ4n) is 2.01. The third-order valence-corrected chi connectivity index (χ3v) is 3.68. The van der Waals surface area contributed by atoms with Gasteiger partial charge in [0.25, 0.3) is 6.43 Å². The minimum absolute atomic E-state index is 0.0735. The van der Waals surface area contributed by atoms with Gasteiger partial charge in [-0.05, 0) is 28.9 Å². The SMILES string of the molecule is CC(Cl)c1nc2cc(Br)c(F)cc2n1CCOCC(F)F. The Labute approximate surface area is 133 Å². The second kappa shape index (κ2) is 6.98. The lowest BCUT2D eigenvalue weighted by molar-refractivity contribution is 0.0148. The molecule has 0 fully saturated rings. The van der Waals surface area contributed by atoms with Gasteiger partial charge in [0.1, 0.15) is 18.2 Å². The van der Waals surface area contributed by atoms with E-state index in [4.69, 9.17) is 16.3 Å². The van der Waals surface area contributed by atoms with E-state index in [0.717, 1.165) is 0 Å². The molecule has 0 aliphatic carbocycles. The van der Waals surface area contributed by atoms with Crippen LogP contribution in [-0.4, -0.2) is 29.2 Å². The fourth-order valence-corrected chi connectivity index (χ4v) is 2.50. The number of benzene rings is 1. The lowest BCUT2D eigenvalue weighted by atomic mass is 10.3. The first-order valence-electron chi connectivity index (χ1n) is 6.25. The van der Waals surface area contributed by atoms with E-state index >= 15 is 0 Å². The number of alkyl halides is 3. The molecule has 1 heterocycles. The maximum absolute atomic E-state index is 13.7. The zero-order valence-corrected chi connectivity index (χ0v) is 13.5. The average Bonchev–Trinajstić information content (AvgIpc) is 2.73. The van der Waals surface area contributed by atoms with Crippen LogP contribution in [0.15, 0.2) is 16.6 Å². The van der Waals surface area contributed by atoms with E-state index in [-0.39, 0.29) is 13.2 Å². The molecule has 1 atom stereocenters. The van der Waals surface area contributed by atoms with E-state index in [9.17, 15) is 13.2 Å². The van der Waals surface area contributed by atoms with Crippen LogP contribution in [0.4, 0.5) is 13.2 Å². The lowest BCUT2D eigenvalue weighted by Gasteiger charge is -2.11. The summed E-state index contributed by atoms with van der Waals surface area (Å²) >= 11 is 9.17. The Hall–Kier alpha value is -0.790. The second-order valence-electron chi connectivity index (χ2n) is 4.46. The van der Waals surface area contributed by atoms with Gasteiger partial charge in [0, 0.05) is 12.6 Å². The van der Waals surface area contributed by atoms with E-state index in [1.54, 1.807) is 17.6 Å². The molecule has 0 saturated heterocycles. The molecule has 0 N–H and O–H groups in total. The highest BCUT2D eigenvalue weighted by Gasteiger charge is 2.17. The standard InChI is InChI=1S/C13H13BrClF3N2O/c1-7(15)13-19-10-4-8(14)9(16)5-11(10)20(13)2-3-21-6-12(17)18/h4-5,7,12H,2-3,6H2,1H3. The molecule has 8 heteroatoms. The Kier molecular flexibility index (Phi) is 5.51. The Bertz CT molecular complexity index is 633. The average molecular weight is 386 g/mol. The van der Waals surface area contributed by atoms with Crippen LogP contribution in [0.25, 0.3) is 11.0 Å². The number of aromatic nitrogens is 2. The van der Waals surface area contributed by atoms with Crippen LogP contribution in [0.3, 0.4) is 0 Å². The van der Waals surface area contributed by atoms with Crippen molar-refractivity contribution in [1.82, 2.24) is 9.55 Å². The molecule has 3 nitrogen and oxygen atoms in total. The van der Waals surface area contributed by atoms with Gasteiger partial charge in [0.05, 0.1) is 27.5 Å². The van der Waals surface area contributed by atoms with Gasteiger partial charge >= 0.3 is 0 Å². The van der Waals surface area contributed by atoms with E-state index < -0.39 is 24.2 Å². The summed E-state index contributed by atoms with van der Waals surface area (Å²) in [5.74, 6) is 0.121. The van der Waals surface area contributed by atoms with Crippen LogP contribution in [0.2, 0.25) is 0 Å². The Balaban J connectivity index is 2.30. The molecule has 1 aromatic carbocycles. The van der Waals surface area contributed by atoms with Crippen LogP contribution in [-0.2, 0) is 11.3 Å². The number of imidazole rings is 1. The summed E-state index contributed by atoms with van der Waals surface area (Å²) in [6.07, 6.45) is -2.51. The molecule has 0 amide bonds. The highest BCUT2D eigenvalue weighted by Crippen LogP contribution is 2.28. The van der Waals surface area contributed by atoms with Gasteiger partial charge < -0.3 is 9.30 Å². The molecule has 0 bridgehead atoms. The molecule has 0 aliphatic heterocycles. The third kappa shape index (κ3) is 3.90. The van der Waals surface area contributed by atoms with Crippen molar-refractivity contribution in [2.45, 2.75) is 25.3 Å². The highest BCUT2D eigenvalue weighted by atomic mass is 79.9. The largest absolute Gasteiger partial charge is 0.374 e. The van der Waals surface area contributed by atoms with Gasteiger partial charge in [-0.1, -0.05) is 0 Å². The molecule has 0 aliphatic rings. The smallest absolute Gasteiger partial charge is 0.261 e. The van der Waals surface area contributed by atoms with Crippen LogP contribution < -0.4 is 0 Å². The minimum atomic E-state index is -2.51. The number of hydrogen-bond donors (Lipinski definition) is 0. The summed E-state index contributed by atoms with van der Waals surface area (Å²) in [6.45, 7) is 1.46. The molecule has 116 valence electrons. The lowest BCUT2D eigenvalue weighted by Crippen LogP contribution is -2.13. The van der Waals surface area contributed by atoms with Crippen molar-refractivity contribution in [2.24, 2.45) is 0 Å². The van der Waals surface area contributed by atoms with Gasteiger partial charge in [0.2, 0.25) is 0 Å². The highest BCUT2D eigenvalue weighted by molar-refractivity contribution is 9.10. The van der Waals surface area contributed by atoms with Crippen molar-refractivity contribution in [3.63, 3.8) is 0 Å². The molecule has 21 heavy (non-hydrogen) atoms. The van der Waals surface area contributed by atoms with Gasteiger partial charge in [0.15, 0.2) is 0 Å². The molecular weight excluding hydrogens is 373 g/mol. The first-order chi connectivity index (χ1) is 9.90. The second-order valence-corrected chi connectivity index (χ2v) is 5.97. The molecule has 0 spiro atoms. The minimum Gasteiger partial charge on any atom is -0.374 e. The molecule has 2 rings (SSSR count). The Morgan fingerprint density at radius 1 is 1.43 bits per heavy atom. The summed E-state index contributed by atoms with van der Waals surface area (Å²) in [4.78, 5) is 4.36. The van der Waals surface area contributed by atoms with E-state index in [2.05, 4.69) is 20.9 Å². The van der Waals surface area contributed by atoms with Crippen molar-refractivity contribution >= 4 is 38.6 Å². The predicted octanol–water partition coefficient (Wildman–Crippen LogP) is 4.52. The van der Waals surface area contributed by atoms with Crippen molar-refractivity contribution in [3.05, 3.63) is 28.2 Å². The summed E-state index contributed by atoms with van der Waals surface area (Å²) in [6, 6.07) is 2.90. The number of nitrogens with zero attached hydrogens (tertiary/aromatic N) is 2. The normalized spacial score (nSPS) is 13.3. The molecule has 0 radical (unpaired) electrons. The quantitative estimate of drug-likeness (QED) is 0.540. The van der Waals surface area contributed by atoms with Gasteiger partial charge in [-0.25, -0.2) is 18.2 Å². The zero-order chi connectivity index (χ0) is 15.6. The number of hydrogen-bond acceptors (Lipinski definition) is 2. The van der Waals surface area contributed by atoms with Crippen molar-refractivity contribution in [3.8, 4) is 0 Å². The summed E-state index contributed by atoms with van der Waals surface area (Å²) < 4.78 is 44.6. The first-order valence-corrected chi connectivity index (χ1v) is 7.48. The number of halogens is 5. The number of ether oxygens (including phenoxy) is 1. The maximum atomic E-state index is 13.7. The summed E-state index contributed by atoms with van der Waals surface area (Å²) in [5.41, 5.74) is 1.14. The molecule has 1 unspecified atom stereocenters. The van der Waals surface area contributed by atoms with E-state index in [0.29, 0.717) is 21.3 Å². The summed E-state index contributed by atoms with van der Waals surface area (Å²) in [5, 5.41) is -0.394. The van der Waals surface area contributed by atoms with E-state index in [1.165, 1.54) is 6.07 Å². The van der Waals surface area contributed by atoms with Crippen LogP contribution in [0.1, 0.15) is 18.1 Å². The zero-order valence-electron chi connectivity index (χ0n) is 11.1. The van der Waals surface area contributed by atoms with E-state index in [1.807, 2.05) is 0 Å². The molecule has 1 aromatic heterocycles. The number of rotatable bonds is 6. The van der Waals surface area contributed by atoms with Gasteiger partial charge in [-0.15, -0.1) is 11.6 Å². The van der Waals surface area contributed by atoms with Crippen LogP contribution >= 0.6 is 27.5 Å². The molecule has 2 aromatic rings. The predicted molar refractivity (Wildman–Crippen MR) is 78.5 cm³/mol. The van der Waals surface area contributed by atoms with Crippen LogP contribution in [0, 0.1) is 5.82 Å². The van der Waals surface area contributed by atoms with Gasteiger partial charge in [-0.2, -0.15) is 0 Å². The van der Waals surface area contributed by atoms with Crippen molar-refractivity contribution in [2.75, 3.05) is 13.2 Å². The van der Waals surface area contributed by atoms with Crippen LogP contribution in [0.5, 0.6) is 0 Å². The topological polar surface area (TPSA) is 27.1 Å². The Morgan fingerprint density at radius 2 is 2.14 bits per heavy atom. The summed E-state index contributed by atoms with van der Waals surface area (Å²) in [7, 11) is 0. The molecule has 0 saturated carbocycles. The fraction of sp³-hybridized carbons (Fsp3) is 0.462. The van der Waals surface area contributed by atoms with Crippen molar-refractivity contribution < 1.29 is 17.9 Å². The number of fused-ring (bicyclic) bond motifs is 1. The molecular formula is C13H13BrClF3N2O. The van der Waals surface area contributed by atoms with Gasteiger partial charge in [-0.3, -0.25) is 0 Å². The van der Waals surface area contributed by atoms with Crippen molar-refractivity contribution in [1.29, 1.82) is 0 Å². The maximum Gasteiger partial charge on any atom is 0.261 e. The first kappa shape index (κ1) is 16.6.